The maximum absolute atomic E-state index is 12.6. The fourth-order valence-electron chi connectivity index (χ4n) is 3.09. The van der Waals surface area contributed by atoms with E-state index < -0.39 is 11.9 Å². The summed E-state index contributed by atoms with van der Waals surface area (Å²) in [6.07, 6.45) is 4.25. The van der Waals surface area contributed by atoms with Crippen LogP contribution in [0.4, 0.5) is 5.00 Å². The van der Waals surface area contributed by atoms with Crippen molar-refractivity contribution >= 4 is 45.6 Å². The predicted molar refractivity (Wildman–Crippen MR) is 108 cm³/mol. The van der Waals surface area contributed by atoms with Crippen molar-refractivity contribution in [3.63, 3.8) is 0 Å². The van der Waals surface area contributed by atoms with Gasteiger partial charge < -0.3 is 10.1 Å². The van der Waals surface area contributed by atoms with Crippen LogP contribution < -0.4 is 5.32 Å². The third-order valence-electron chi connectivity index (χ3n) is 4.41. The quantitative estimate of drug-likeness (QED) is 0.450. The third-order valence-corrected chi connectivity index (χ3v) is 6.40. The second kappa shape index (κ2) is 8.51. The van der Waals surface area contributed by atoms with Gasteiger partial charge in [0.05, 0.1) is 12.2 Å². The third kappa shape index (κ3) is 4.29. The molecule has 3 rings (SSSR count). The van der Waals surface area contributed by atoms with E-state index in [0.717, 1.165) is 34.6 Å². The molecule has 140 valence electrons. The smallest absolute Gasteiger partial charge is 0.341 e. The summed E-state index contributed by atoms with van der Waals surface area (Å²) in [7, 11) is 0. The molecule has 0 saturated carbocycles. The molecule has 1 amide bonds. The molecule has 0 fully saturated rings. The number of rotatable bonds is 5. The van der Waals surface area contributed by atoms with Crippen LogP contribution in [0.25, 0.3) is 6.08 Å². The van der Waals surface area contributed by atoms with E-state index in [1.165, 1.54) is 22.7 Å². The summed E-state index contributed by atoms with van der Waals surface area (Å²) in [6, 6.07) is 5.64. The highest BCUT2D eigenvalue weighted by molar-refractivity contribution is 7.17. The van der Waals surface area contributed by atoms with Gasteiger partial charge in [-0.2, -0.15) is 5.26 Å². The summed E-state index contributed by atoms with van der Waals surface area (Å²) in [4.78, 5) is 27.1. The summed E-state index contributed by atoms with van der Waals surface area (Å²) in [5, 5.41) is 14.5. The van der Waals surface area contributed by atoms with Gasteiger partial charge in [-0.1, -0.05) is 13.0 Å². The second-order valence-electron chi connectivity index (χ2n) is 6.42. The highest BCUT2D eigenvalue weighted by atomic mass is 32.1. The van der Waals surface area contributed by atoms with Crippen LogP contribution in [0, 0.1) is 17.2 Å². The average molecular weight is 401 g/mol. The topological polar surface area (TPSA) is 79.2 Å². The number of thiophene rings is 2. The van der Waals surface area contributed by atoms with Crippen molar-refractivity contribution in [2.75, 3.05) is 11.9 Å². The van der Waals surface area contributed by atoms with Crippen LogP contribution in [-0.2, 0) is 22.4 Å². The number of ether oxygens (including phenoxy) is 1. The Labute approximate surface area is 166 Å². The Morgan fingerprint density at radius 2 is 2.30 bits per heavy atom. The summed E-state index contributed by atoms with van der Waals surface area (Å²) in [5.74, 6) is -0.383. The number of nitrogens with one attached hydrogen (secondary N) is 1. The first kappa shape index (κ1) is 19.3. The minimum Gasteiger partial charge on any atom is -0.462 e. The Hall–Kier alpha value is -2.43. The van der Waals surface area contributed by atoms with Crippen molar-refractivity contribution in [2.45, 2.75) is 33.1 Å². The molecule has 0 aliphatic heterocycles. The molecular formula is C20H20N2O3S2. The number of hydrogen-bond acceptors (Lipinski definition) is 6. The van der Waals surface area contributed by atoms with E-state index in [4.69, 9.17) is 4.74 Å². The van der Waals surface area contributed by atoms with Crippen LogP contribution in [0.5, 0.6) is 0 Å². The first-order valence-electron chi connectivity index (χ1n) is 8.81. The molecule has 2 heterocycles. The van der Waals surface area contributed by atoms with E-state index in [1.807, 2.05) is 23.6 Å². The molecule has 27 heavy (non-hydrogen) atoms. The van der Waals surface area contributed by atoms with Gasteiger partial charge >= 0.3 is 5.97 Å². The second-order valence-corrected chi connectivity index (χ2v) is 8.50. The molecule has 0 saturated heterocycles. The monoisotopic (exact) mass is 400 g/mol. The number of carbonyl (C=O) groups excluding carboxylic acids is 2. The van der Waals surface area contributed by atoms with Gasteiger partial charge in [0.1, 0.15) is 16.6 Å². The molecule has 0 radical (unpaired) electrons. The number of fused-ring (bicyclic) bond motifs is 1. The van der Waals surface area contributed by atoms with E-state index in [0.29, 0.717) is 16.5 Å². The van der Waals surface area contributed by atoms with Crippen LogP contribution in [0.1, 0.15) is 45.9 Å². The standard InChI is InChI=1S/C20H20N2O3S2/c1-3-25-20(24)17-15-7-6-12(2)9-16(15)27-19(17)22-18(23)13(11-21)10-14-5-4-8-26-14/h4-5,8,10,12H,3,6-7,9H2,1-2H3,(H,22,23)/b13-10-. The largest absolute Gasteiger partial charge is 0.462 e. The van der Waals surface area contributed by atoms with Gasteiger partial charge in [0.15, 0.2) is 0 Å². The Morgan fingerprint density at radius 1 is 1.48 bits per heavy atom. The number of amides is 1. The lowest BCUT2D eigenvalue weighted by atomic mass is 9.88. The zero-order chi connectivity index (χ0) is 19.4. The van der Waals surface area contributed by atoms with E-state index in [2.05, 4.69) is 12.2 Å². The summed E-state index contributed by atoms with van der Waals surface area (Å²) < 4.78 is 5.21. The highest BCUT2D eigenvalue weighted by Crippen LogP contribution is 2.40. The van der Waals surface area contributed by atoms with E-state index >= 15 is 0 Å². The Bertz CT molecular complexity index is 920. The van der Waals surface area contributed by atoms with Gasteiger partial charge in [-0.25, -0.2) is 4.79 Å². The fraction of sp³-hybridized carbons (Fsp3) is 0.350. The van der Waals surface area contributed by atoms with E-state index in [1.54, 1.807) is 13.0 Å². The lowest BCUT2D eigenvalue weighted by Gasteiger charge is -2.18. The number of anilines is 1. The first-order chi connectivity index (χ1) is 13.0. The maximum Gasteiger partial charge on any atom is 0.341 e. The molecule has 0 aromatic carbocycles. The first-order valence-corrected chi connectivity index (χ1v) is 10.5. The molecule has 1 aliphatic rings. The van der Waals surface area contributed by atoms with Gasteiger partial charge in [0.25, 0.3) is 5.91 Å². The van der Waals surface area contributed by atoms with Gasteiger partial charge in [-0.3, -0.25) is 4.79 Å². The van der Waals surface area contributed by atoms with Crippen LogP contribution in [0.3, 0.4) is 0 Å². The SMILES string of the molecule is CCOC(=O)c1c(NC(=O)/C(C#N)=C\c2cccs2)sc2c1CCC(C)C2. The van der Waals surface area contributed by atoms with Crippen LogP contribution in [0.15, 0.2) is 23.1 Å². The average Bonchev–Trinajstić information content (AvgIpc) is 3.26. The molecule has 1 atom stereocenters. The Kier molecular flexibility index (Phi) is 6.09. The molecule has 0 spiro atoms. The van der Waals surface area contributed by atoms with Gasteiger partial charge in [-0.05, 0) is 55.2 Å². The molecule has 1 aliphatic carbocycles. The maximum atomic E-state index is 12.6. The molecule has 1 N–H and O–H groups in total. The molecule has 5 nitrogen and oxygen atoms in total. The van der Waals surface area contributed by atoms with Gasteiger partial charge in [-0.15, -0.1) is 22.7 Å². The lowest BCUT2D eigenvalue weighted by molar-refractivity contribution is -0.112. The van der Waals surface area contributed by atoms with Crippen molar-refractivity contribution in [3.05, 3.63) is 44.0 Å². The van der Waals surface area contributed by atoms with Crippen LogP contribution >= 0.6 is 22.7 Å². The fourth-order valence-corrected chi connectivity index (χ4v) is 5.14. The number of nitriles is 1. The number of carbonyl (C=O) groups is 2. The predicted octanol–water partition coefficient (Wildman–Crippen LogP) is 4.66. The number of nitrogens with zero attached hydrogens (tertiary/aromatic N) is 1. The minimum atomic E-state index is -0.511. The lowest BCUT2D eigenvalue weighted by Crippen LogP contribution is -2.17. The van der Waals surface area contributed by atoms with Crippen molar-refractivity contribution in [2.24, 2.45) is 5.92 Å². The van der Waals surface area contributed by atoms with Crippen molar-refractivity contribution in [1.82, 2.24) is 0 Å². The zero-order valence-electron chi connectivity index (χ0n) is 15.2. The summed E-state index contributed by atoms with van der Waals surface area (Å²) in [6.45, 7) is 4.21. The number of hydrogen-bond donors (Lipinski definition) is 1. The normalized spacial score (nSPS) is 16.3. The molecule has 7 heteroatoms. The van der Waals surface area contributed by atoms with Crippen molar-refractivity contribution < 1.29 is 14.3 Å². The molecular weight excluding hydrogens is 380 g/mol. The Balaban J connectivity index is 1.92. The molecule has 1 unspecified atom stereocenters. The summed E-state index contributed by atoms with van der Waals surface area (Å²) in [5.41, 5.74) is 1.44. The van der Waals surface area contributed by atoms with Gasteiger partial charge in [0.2, 0.25) is 0 Å². The van der Waals surface area contributed by atoms with Crippen LogP contribution in [0.2, 0.25) is 0 Å². The zero-order valence-corrected chi connectivity index (χ0v) is 16.8. The van der Waals surface area contributed by atoms with Crippen molar-refractivity contribution in [1.29, 1.82) is 5.26 Å². The van der Waals surface area contributed by atoms with Crippen molar-refractivity contribution in [3.8, 4) is 6.07 Å². The van der Waals surface area contributed by atoms with E-state index in [9.17, 15) is 14.9 Å². The minimum absolute atomic E-state index is 0.00648. The summed E-state index contributed by atoms with van der Waals surface area (Å²) >= 11 is 2.87. The molecule has 0 bridgehead atoms. The molecule has 2 aromatic rings. The molecule has 2 aromatic heterocycles. The highest BCUT2D eigenvalue weighted by Gasteiger charge is 2.29. The van der Waals surface area contributed by atoms with Gasteiger partial charge in [0, 0.05) is 9.75 Å². The van der Waals surface area contributed by atoms with E-state index in [-0.39, 0.29) is 12.2 Å². The van der Waals surface area contributed by atoms with Crippen LogP contribution in [-0.4, -0.2) is 18.5 Å². The Morgan fingerprint density at radius 3 is 2.96 bits per heavy atom. The number of esters is 1.